The molecular formula is C26H31ClN6OS2. The first kappa shape index (κ1) is 26.3. The molecule has 1 aliphatic heterocycles. The summed E-state index contributed by atoms with van der Waals surface area (Å²) in [4.78, 5) is 20.5. The number of halogens is 1. The molecule has 36 heavy (non-hydrogen) atoms. The van der Waals surface area contributed by atoms with Crippen LogP contribution in [0, 0.1) is 0 Å². The second-order valence-corrected chi connectivity index (χ2v) is 10.7. The molecule has 4 aromatic rings. The fourth-order valence-electron chi connectivity index (χ4n) is 4.22. The maximum atomic E-state index is 11.1. The lowest BCUT2D eigenvalue weighted by atomic mass is 10.2. The van der Waals surface area contributed by atoms with Crippen LogP contribution in [-0.2, 0) is 11.3 Å². The van der Waals surface area contributed by atoms with Gasteiger partial charge in [0.2, 0.25) is 11.5 Å². The lowest BCUT2D eigenvalue weighted by Crippen LogP contribution is -2.38. The van der Waals surface area contributed by atoms with Crippen molar-refractivity contribution in [2.45, 2.75) is 44.2 Å². The summed E-state index contributed by atoms with van der Waals surface area (Å²) in [7, 11) is 0. The van der Waals surface area contributed by atoms with Crippen LogP contribution in [0.4, 0.5) is 10.8 Å². The van der Waals surface area contributed by atoms with Crippen LogP contribution >= 0.6 is 35.1 Å². The number of aromatic nitrogens is 3. The van der Waals surface area contributed by atoms with Gasteiger partial charge in [-0.2, -0.15) is 4.37 Å². The molecule has 5 rings (SSSR count). The van der Waals surface area contributed by atoms with Crippen molar-refractivity contribution in [1.29, 1.82) is 0 Å². The van der Waals surface area contributed by atoms with Crippen LogP contribution in [-0.4, -0.2) is 50.9 Å². The molecule has 190 valence electrons. The second kappa shape index (κ2) is 13.0. The Labute approximate surface area is 225 Å². The fraction of sp³-hybridized carbons (Fsp3) is 0.346. The highest BCUT2D eigenvalue weighted by Crippen LogP contribution is 2.25. The van der Waals surface area contributed by atoms with Gasteiger partial charge in [0.25, 0.3) is 0 Å². The average molecular weight is 543 g/mol. The molecule has 1 saturated heterocycles. The highest BCUT2D eigenvalue weighted by Gasteiger charge is 2.20. The number of nitrogens with one attached hydrogen (secondary N) is 1. The number of anilines is 2. The average Bonchev–Trinajstić information content (AvgIpc) is 3.51. The number of amides is 1. The molecule has 1 aliphatic rings. The van der Waals surface area contributed by atoms with Crippen molar-refractivity contribution in [2.75, 3.05) is 29.3 Å². The van der Waals surface area contributed by atoms with E-state index in [1.54, 1.807) is 6.33 Å². The molecule has 0 radical (unpaired) electrons. The number of carbonyl (C=O) groups excluding carboxylic acids is 1. The number of nitrogens with zero attached hydrogens (tertiary/aromatic N) is 5. The predicted molar refractivity (Wildman–Crippen MR) is 152 cm³/mol. The van der Waals surface area contributed by atoms with E-state index in [4.69, 9.17) is 11.6 Å². The summed E-state index contributed by atoms with van der Waals surface area (Å²) in [6, 6.07) is 16.8. The molecule has 0 bridgehead atoms. The summed E-state index contributed by atoms with van der Waals surface area (Å²) in [6.07, 6.45) is 6.78. The summed E-state index contributed by atoms with van der Waals surface area (Å²) >= 11 is 8.76. The number of rotatable bonds is 7. The van der Waals surface area contributed by atoms with E-state index in [1.807, 2.05) is 17.0 Å². The first-order valence-electron chi connectivity index (χ1n) is 12.1. The van der Waals surface area contributed by atoms with Gasteiger partial charge >= 0.3 is 0 Å². The van der Waals surface area contributed by atoms with Crippen molar-refractivity contribution in [1.82, 2.24) is 18.8 Å². The monoisotopic (exact) mass is 542 g/mol. The van der Waals surface area contributed by atoms with Gasteiger partial charge in [-0.15, -0.1) is 0 Å². The first-order chi connectivity index (χ1) is 17.6. The van der Waals surface area contributed by atoms with Gasteiger partial charge in [0.05, 0.1) is 0 Å². The summed E-state index contributed by atoms with van der Waals surface area (Å²) in [5.74, 6) is 0. The Bertz CT molecular complexity index is 1230. The third kappa shape index (κ3) is 6.93. The van der Waals surface area contributed by atoms with Crippen LogP contribution < -0.4 is 9.62 Å². The Balaban J connectivity index is 0.000000197. The van der Waals surface area contributed by atoms with Crippen molar-refractivity contribution < 1.29 is 4.79 Å². The molecule has 1 N–H and O–H groups in total. The van der Waals surface area contributed by atoms with E-state index in [1.165, 1.54) is 40.1 Å². The number of aryl methyl sites for hydroxylation is 1. The highest BCUT2D eigenvalue weighted by atomic mass is 35.5. The number of carbonyl (C=O) groups is 1. The van der Waals surface area contributed by atoms with Crippen LogP contribution in [0.3, 0.4) is 0 Å². The normalized spacial score (nSPS) is 15.8. The van der Waals surface area contributed by atoms with Crippen LogP contribution in [0.25, 0.3) is 10.9 Å². The van der Waals surface area contributed by atoms with Gasteiger partial charge in [0.1, 0.15) is 6.33 Å². The Morgan fingerprint density at radius 1 is 1.19 bits per heavy atom. The largest absolute Gasteiger partial charge is 0.369 e. The van der Waals surface area contributed by atoms with E-state index >= 15 is 0 Å². The van der Waals surface area contributed by atoms with E-state index < -0.39 is 0 Å². The lowest BCUT2D eigenvalue weighted by molar-refractivity contribution is -0.119. The van der Waals surface area contributed by atoms with Crippen LogP contribution in [0.15, 0.2) is 66.0 Å². The van der Waals surface area contributed by atoms with Crippen molar-refractivity contribution in [2.24, 2.45) is 0 Å². The van der Waals surface area contributed by atoms with E-state index in [0.717, 1.165) is 60.5 Å². The molecule has 10 heteroatoms. The first-order valence-corrected chi connectivity index (χ1v) is 14.0. The minimum Gasteiger partial charge on any atom is -0.369 e. The van der Waals surface area contributed by atoms with Crippen LogP contribution in [0.1, 0.15) is 26.7 Å². The van der Waals surface area contributed by atoms with Gasteiger partial charge in [-0.05, 0) is 80.2 Å². The zero-order chi connectivity index (χ0) is 25.3. The number of benzene rings is 2. The van der Waals surface area contributed by atoms with E-state index in [2.05, 4.69) is 80.0 Å². The Morgan fingerprint density at radius 3 is 2.75 bits per heavy atom. The molecule has 0 saturated carbocycles. The molecule has 1 unspecified atom stereocenters. The van der Waals surface area contributed by atoms with Gasteiger partial charge < -0.3 is 19.1 Å². The quantitative estimate of drug-likeness (QED) is 0.215. The number of fused-ring (bicyclic) bond motifs is 1. The Hall–Kier alpha value is -2.75. The minimum absolute atomic E-state index is 0.239. The van der Waals surface area contributed by atoms with Gasteiger partial charge in [-0.25, -0.2) is 4.98 Å². The fourth-order valence-corrected chi connectivity index (χ4v) is 5.50. The zero-order valence-corrected chi connectivity index (χ0v) is 22.9. The molecular weight excluding hydrogens is 512 g/mol. The lowest BCUT2D eigenvalue weighted by Gasteiger charge is -2.27. The standard InChI is InChI=1S/C15H19N5OS2.C11H12ClN/c1-12-9-19(7-2-8-20(12)11-21)13-3-5-14(6-4-13)22-18-15-16-10-17-23-15;1-2-6-13-7-5-9-8-10(12)3-4-11(9)13/h3-6,10-12H,2,7-9H2,1H3,(H,16,17,18);3-5,7-8H,2,6H2,1H3. The van der Waals surface area contributed by atoms with Gasteiger partial charge in [0, 0.05) is 76.5 Å². The maximum Gasteiger partial charge on any atom is 0.212 e. The van der Waals surface area contributed by atoms with Crippen molar-refractivity contribution in [3.63, 3.8) is 0 Å². The van der Waals surface area contributed by atoms with Gasteiger partial charge in [-0.3, -0.25) is 4.79 Å². The Morgan fingerprint density at radius 2 is 2.03 bits per heavy atom. The predicted octanol–water partition coefficient (Wildman–Crippen LogP) is 6.42. The molecule has 1 fully saturated rings. The summed E-state index contributed by atoms with van der Waals surface area (Å²) < 4.78 is 9.39. The smallest absolute Gasteiger partial charge is 0.212 e. The molecule has 1 atom stereocenters. The molecule has 7 nitrogen and oxygen atoms in total. The molecule has 3 heterocycles. The second-order valence-electron chi connectivity index (χ2n) is 8.65. The molecule has 2 aromatic carbocycles. The molecule has 0 spiro atoms. The highest BCUT2D eigenvalue weighted by molar-refractivity contribution is 8.00. The summed E-state index contributed by atoms with van der Waals surface area (Å²) in [5.41, 5.74) is 2.47. The minimum atomic E-state index is 0.239. The molecule has 2 aromatic heterocycles. The van der Waals surface area contributed by atoms with Crippen molar-refractivity contribution in [3.8, 4) is 0 Å². The number of hydrogen-bond donors (Lipinski definition) is 1. The zero-order valence-electron chi connectivity index (χ0n) is 20.5. The van der Waals surface area contributed by atoms with Crippen molar-refractivity contribution in [3.05, 3.63) is 66.1 Å². The third-order valence-corrected chi connectivity index (χ3v) is 7.80. The number of hydrogen-bond acceptors (Lipinski definition) is 7. The van der Waals surface area contributed by atoms with E-state index in [9.17, 15) is 4.79 Å². The van der Waals surface area contributed by atoms with Crippen LogP contribution in [0.2, 0.25) is 5.02 Å². The maximum absolute atomic E-state index is 11.1. The third-order valence-electron chi connectivity index (χ3n) is 6.05. The Kier molecular flexibility index (Phi) is 9.49. The van der Waals surface area contributed by atoms with Gasteiger partial charge in [-0.1, -0.05) is 18.5 Å². The molecule has 1 amide bonds. The van der Waals surface area contributed by atoms with Crippen molar-refractivity contribution >= 4 is 63.2 Å². The molecule has 0 aliphatic carbocycles. The van der Waals surface area contributed by atoms with E-state index in [0.29, 0.717) is 0 Å². The topological polar surface area (TPSA) is 66.3 Å². The van der Waals surface area contributed by atoms with Crippen LogP contribution in [0.5, 0.6) is 0 Å². The summed E-state index contributed by atoms with van der Waals surface area (Å²) in [6.45, 7) is 8.04. The van der Waals surface area contributed by atoms with E-state index in [-0.39, 0.29) is 6.04 Å². The SMILES string of the molecule is CC1CN(c2ccc(SNc3ncns3)cc2)CCCN1C=O.CCCn1ccc2cc(Cl)ccc21. The summed E-state index contributed by atoms with van der Waals surface area (Å²) in [5, 5.41) is 2.83. The van der Waals surface area contributed by atoms with Gasteiger partial charge in [0.15, 0.2) is 0 Å².